The van der Waals surface area contributed by atoms with E-state index in [4.69, 9.17) is 4.74 Å². The van der Waals surface area contributed by atoms with Crippen molar-refractivity contribution < 1.29 is 23.5 Å². The fourth-order valence-corrected chi connectivity index (χ4v) is 6.16. The van der Waals surface area contributed by atoms with E-state index in [1.165, 1.54) is 23.1 Å². The summed E-state index contributed by atoms with van der Waals surface area (Å²) in [6.07, 6.45) is 1.54. The number of carbonyl (C=O) groups excluding carboxylic acids is 3. The molecule has 1 N–H and O–H groups in total. The van der Waals surface area contributed by atoms with E-state index in [0.29, 0.717) is 29.2 Å². The summed E-state index contributed by atoms with van der Waals surface area (Å²) < 4.78 is 19.4. The highest BCUT2D eigenvalue weighted by molar-refractivity contribution is 6.25. The van der Waals surface area contributed by atoms with Crippen LogP contribution in [0.25, 0.3) is 0 Å². The number of benzene rings is 2. The number of hydrogen-bond donors (Lipinski definition) is 1. The first-order chi connectivity index (χ1) is 15.0. The van der Waals surface area contributed by atoms with Gasteiger partial charge in [0.25, 0.3) is 0 Å². The monoisotopic (exact) mass is 421 g/mol. The zero-order valence-electron chi connectivity index (χ0n) is 16.8. The molecule has 2 aromatic rings. The van der Waals surface area contributed by atoms with E-state index < -0.39 is 29.1 Å². The van der Waals surface area contributed by atoms with E-state index in [9.17, 15) is 18.8 Å². The van der Waals surface area contributed by atoms with Gasteiger partial charge in [0, 0.05) is 17.3 Å². The van der Waals surface area contributed by atoms with Crippen LogP contribution in [0.3, 0.4) is 0 Å². The molecule has 3 saturated heterocycles. The van der Waals surface area contributed by atoms with Gasteiger partial charge in [0.2, 0.25) is 17.7 Å². The molecule has 3 amide bonds. The molecule has 4 atom stereocenters. The van der Waals surface area contributed by atoms with Crippen LogP contribution in [-0.2, 0) is 19.9 Å². The molecule has 2 aromatic carbocycles. The van der Waals surface area contributed by atoms with E-state index in [-0.39, 0.29) is 17.9 Å². The number of hydrogen-bond acceptors (Lipinski definition) is 5. The Morgan fingerprint density at radius 1 is 1.10 bits per heavy atom. The van der Waals surface area contributed by atoms with Crippen LogP contribution in [-0.4, -0.2) is 42.3 Å². The van der Waals surface area contributed by atoms with E-state index in [2.05, 4.69) is 5.32 Å². The Bertz CT molecular complexity index is 1150. The summed E-state index contributed by atoms with van der Waals surface area (Å²) in [5.41, 5.74) is 0.0373. The molecule has 3 fully saturated rings. The number of rotatable bonds is 2. The minimum atomic E-state index is -1.36. The molecule has 0 saturated carbocycles. The Balaban J connectivity index is 1.53. The fourth-order valence-electron chi connectivity index (χ4n) is 6.16. The summed E-state index contributed by atoms with van der Waals surface area (Å²) in [5.74, 6) is -2.47. The molecule has 31 heavy (non-hydrogen) atoms. The maximum Gasteiger partial charge on any atom is 0.250 e. The molecule has 0 bridgehead atoms. The van der Waals surface area contributed by atoms with Gasteiger partial charge in [0.05, 0.1) is 24.6 Å². The van der Waals surface area contributed by atoms with Crippen LogP contribution in [0.4, 0.5) is 15.8 Å². The average Bonchev–Trinajstić information content (AvgIpc) is 3.47. The minimum Gasteiger partial charge on any atom is -0.497 e. The van der Waals surface area contributed by atoms with Gasteiger partial charge in [-0.15, -0.1) is 0 Å². The first-order valence-electron chi connectivity index (χ1n) is 10.4. The maximum atomic E-state index is 14.3. The van der Waals surface area contributed by atoms with Crippen molar-refractivity contribution in [2.24, 2.45) is 11.8 Å². The number of amides is 3. The number of nitrogens with one attached hydrogen (secondary N) is 1. The molecule has 7 nitrogen and oxygen atoms in total. The van der Waals surface area contributed by atoms with Gasteiger partial charge in [-0.2, -0.15) is 0 Å². The summed E-state index contributed by atoms with van der Waals surface area (Å²) >= 11 is 0. The van der Waals surface area contributed by atoms with Crippen molar-refractivity contribution in [1.82, 2.24) is 4.90 Å². The zero-order chi connectivity index (χ0) is 21.5. The Morgan fingerprint density at radius 2 is 1.87 bits per heavy atom. The highest BCUT2D eigenvalue weighted by atomic mass is 19.1. The SMILES string of the molecule is COc1ccc(N2C(=O)[C@H]3[C@@H](C2=O)[C@]2(C(=O)Nc4ccc(F)cc42)N2CCC[C@@H]32)cc1. The maximum absolute atomic E-state index is 14.3. The van der Waals surface area contributed by atoms with Gasteiger partial charge < -0.3 is 10.1 Å². The number of methoxy groups -OCH3 is 1. The van der Waals surface area contributed by atoms with E-state index >= 15 is 0 Å². The lowest BCUT2D eigenvalue weighted by atomic mass is 9.75. The summed E-state index contributed by atoms with van der Waals surface area (Å²) in [6, 6.07) is 10.6. The normalized spacial score (nSPS) is 31.2. The molecule has 8 heteroatoms. The lowest BCUT2D eigenvalue weighted by Gasteiger charge is -2.36. The summed E-state index contributed by atoms with van der Waals surface area (Å²) in [6.45, 7) is 0.587. The number of carbonyl (C=O) groups is 3. The molecule has 4 heterocycles. The fraction of sp³-hybridized carbons (Fsp3) is 0.348. The highest BCUT2D eigenvalue weighted by Gasteiger charge is 2.74. The first kappa shape index (κ1) is 18.5. The molecule has 0 radical (unpaired) electrons. The second kappa shape index (κ2) is 6.13. The lowest BCUT2D eigenvalue weighted by molar-refractivity contribution is -0.135. The summed E-state index contributed by atoms with van der Waals surface area (Å²) in [5, 5.41) is 2.84. The Labute approximate surface area is 177 Å². The summed E-state index contributed by atoms with van der Waals surface area (Å²) in [4.78, 5) is 43.9. The van der Waals surface area contributed by atoms with Crippen LogP contribution in [0.5, 0.6) is 5.75 Å². The van der Waals surface area contributed by atoms with Gasteiger partial charge in [-0.3, -0.25) is 19.3 Å². The number of nitrogens with zero attached hydrogens (tertiary/aromatic N) is 2. The van der Waals surface area contributed by atoms with Crippen LogP contribution < -0.4 is 15.0 Å². The molecule has 6 rings (SSSR count). The molecule has 0 aromatic heterocycles. The molecule has 4 aliphatic rings. The Kier molecular flexibility index (Phi) is 3.66. The number of anilines is 2. The van der Waals surface area contributed by atoms with E-state index in [1.54, 1.807) is 31.4 Å². The topological polar surface area (TPSA) is 78.9 Å². The predicted molar refractivity (Wildman–Crippen MR) is 109 cm³/mol. The van der Waals surface area contributed by atoms with Gasteiger partial charge in [-0.25, -0.2) is 9.29 Å². The standard InChI is InChI=1S/C23H20FN3O4/c1-31-14-7-5-13(6-8-14)27-20(28)18-17-3-2-10-26(17)23(19(18)21(27)29)15-11-12(24)4-9-16(15)25-22(23)30/h4-9,11,17-19H,2-3,10H2,1H3,(H,25,30)/t17-,18+,19-,23+/m0/s1. The molecule has 158 valence electrons. The van der Waals surface area contributed by atoms with Gasteiger partial charge in [-0.05, 0) is 61.9 Å². The van der Waals surface area contributed by atoms with Gasteiger partial charge >= 0.3 is 0 Å². The van der Waals surface area contributed by atoms with Crippen molar-refractivity contribution in [2.75, 3.05) is 23.9 Å². The third kappa shape index (κ3) is 2.13. The average molecular weight is 421 g/mol. The second-order valence-electron chi connectivity index (χ2n) is 8.53. The largest absolute Gasteiger partial charge is 0.497 e. The number of ether oxygens (including phenoxy) is 1. The van der Waals surface area contributed by atoms with E-state index in [0.717, 1.165) is 12.8 Å². The number of halogens is 1. The molecule has 0 aliphatic carbocycles. The molecular formula is C23H20FN3O4. The smallest absolute Gasteiger partial charge is 0.250 e. The lowest BCUT2D eigenvalue weighted by Crippen LogP contribution is -2.54. The third-order valence-electron chi connectivity index (χ3n) is 7.29. The number of imide groups is 1. The van der Waals surface area contributed by atoms with Gasteiger partial charge in [0.1, 0.15) is 17.1 Å². The van der Waals surface area contributed by atoms with Crippen molar-refractivity contribution in [3.05, 3.63) is 53.8 Å². The first-order valence-corrected chi connectivity index (χ1v) is 10.4. The molecular weight excluding hydrogens is 401 g/mol. The van der Waals surface area contributed by atoms with Crippen LogP contribution in [0.2, 0.25) is 0 Å². The second-order valence-corrected chi connectivity index (χ2v) is 8.53. The molecule has 1 spiro atoms. The molecule has 0 unspecified atom stereocenters. The van der Waals surface area contributed by atoms with Crippen LogP contribution >= 0.6 is 0 Å². The van der Waals surface area contributed by atoms with Gasteiger partial charge in [0.15, 0.2) is 0 Å². The Hall–Kier alpha value is -3.26. The van der Waals surface area contributed by atoms with E-state index in [1.807, 2.05) is 4.90 Å². The molecule has 4 aliphatic heterocycles. The zero-order valence-corrected chi connectivity index (χ0v) is 16.8. The van der Waals surface area contributed by atoms with Crippen LogP contribution in [0.15, 0.2) is 42.5 Å². The quantitative estimate of drug-likeness (QED) is 0.753. The van der Waals surface area contributed by atoms with Crippen LogP contribution in [0.1, 0.15) is 18.4 Å². The third-order valence-corrected chi connectivity index (χ3v) is 7.29. The summed E-state index contributed by atoms with van der Waals surface area (Å²) in [7, 11) is 1.54. The predicted octanol–water partition coefficient (Wildman–Crippen LogP) is 2.27. The van der Waals surface area contributed by atoms with Crippen molar-refractivity contribution in [3.8, 4) is 5.75 Å². The Morgan fingerprint density at radius 3 is 2.61 bits per heavy atom. The van der Waals surface area contributed by atoms with Crippen molar-refractivity contribution in [2.45, 2.75) is 24.4 Å². The van der Waals surface area contributed by atoms with Crippen molar-refractivity contribution in [1.29, 1.82) is 0 Å². The highest BCUT2D eigenvalue weighted by Crippen LogP contribution is 2.60. The number of fused-ring (bicyclic) bond motifs is 7. The van der Waals surface area contributed by atoms with Gasteiger partial charge in [-0.1, -0.05) is 0 Å². The minimum absolute atomic E-state index is 0.232. The van der Waals surface area contributed by atoms with Crippen molar-refractivity contribution >= 4 is 29.1 Å². The van der Waals surface area contributed by atoms with Crippen LogP contribution in [0, 0.1) is 17.7 Å². The van der Waals surface area contributed by atoms with Crippen molar-refractivity contribution in [3.63, 3.8) is 0 Å².